The van der Waals surface area contributed by atoms with E-state index in [0.717, 1.165) is 12.8 Å². The highest BCUT2D eigenvalue weighted by molar-refractivity contribution is 5.77. The van der Waals surface area contributed by atoms with Crippen molar-refractivity contribution < 1.29 is 4.39 Å². The lowest BCUT2D eigenvalue weighted by Crippen LogP contribution is -2.11. The maximum absolute atomic E-state index is 13.4. The lowest BCUT2D eigenvalue weighted by molar-refractivity contribution is 0.635. The number of halogens is 1. The number of nitrogens with one attached hydrogen (secondary N) is 1. The first kappa shape index (κ1) is 8.59. The molecule has 1 N–H and O–H groups in total. The van der Waals surface area contributed by atoms with Crippen molar-refractivity contribution in [2.45, 2.75) is 18.8 Å². The van der Waals surface area contributed by atoms with Gasteiger partial charge in [-0.2, -0.15) is 0 Å². The molecule has 1 saturated carbocycles. The number of hydrogen-bond acceptors (Lipinski definition) is 2. The van der Waals surface area contributed by atoms with Crippen LogP contribution in [0.4, 0.5) is 4.39 Å². The van der Waals surface area contributed by atoms with Crippen LogP contribution in [0.3, 0.4) is 0 Å². The zero-order valence-corrected chi connectivity index (χ0v) is 7.96. The van der Waals surface area contributed by atoms with Crippen LogP contribution in [0.25, 0.3) is 10.9 Å². The number of rotatable bonds is 1. The second-order valence-electron chi connectivity index (χ2n) is 3.86. The molecule has 0 spiro atoms. The Bertz CT molecular complexity index is 587. The molecule has 1 aliphatic rings. The van der Waals surface area contributed by atoms with Crippen LogP contribution in [0, 0.1) is 5.82 Å². The van der Waals surface area contributed by atoms with E-state index in [9.17, 15) is 9.18 Å². The minimum atomic E-state index is -0.430. The summed E-state index contributed by atoms with van der Waals surface area (Å²) in [6.07, 6.45) is 2.06. The van der Waals surface area contributed by atoms with Crippen molar-refractivity contribution >= 4 is 10.9 Å². The molecule has 3 rings (SSSR count). The fourth-order valence-corrected chi connectivity index (χ4v) is 1.69. The van der Waals surface area contributed by atoms with Gasteiger partial charge in [-0.05, 0) is 25.0 Å². The Hall–Kier alpha value is -1.71. The number of benzene rings is 1. The largest absolute Gasteiger partial charge is 0.310 e. The average Bonchev–Trinajstić information content (AvgIpc) is 3.02. The molecule has 76 valence electrons. The molecule has 0 aliphatic heterocycles. The second kappa shape index (κ2) is 2.89. The molecular formula is C11H9FN2O. The third-order valence-corrected chi connectivity index (χ3v) is 2.67. The summed E-state index contributed by atoms with van der Waals surface area (Å²) in [4.78, 5) is 18.5. The van der Waals surface area contributed by atoms with Crippen molar-refractivity contribution in [2.75, 3.05) is 0 Å². The number of aromatic nitrogens is 2. The predicted molar refractivity (Wildman–Crippen MR) is 54.3 cm³/mol. The molecule has 0 atom stereocenters. The van der Waals surface area contributed by atoms with E-state index in [-0.39, 0.29) is 11.1 Å². The fourth-order valence-electron chi connectivity index (χ4n) is 1.69. The van der Waals surface area contributed by atoms with E-state index in [0.29, 0.717) is 17.1 Å². The first-order valence-electron chi connectivity index (χ1n) is 4.94. The molecule has 1 aliphatic carbocycles. The summed E-state index contributed by atoms with van der Waals surface area (Å²) in [7, 11) is 0. The van der Waals surface area contributed by atoms with Crippen molar-refractivity contribution in [1.29, 1.82) is 0 Å². The quantitative estimate of drug-likeness (QED) is 0.771. The number of H-pyrrole nitrogens is 1. The Kier molecular flexibility index (Phi) is 1.65. The summed E-state index contributed by atoms with van der Waals surface area (Å²) < 4.78 is 13.4. The number of fused-ring (bicyclic) bond motifs is 1. The van der Waals surface area contributed by atoms with Crippen molar-refractivity contribution in [3.8, 4) is 0 Å². The molecule has 0 bridgehead atoms. The summed E-state index contributed by atoms with van der Waals surface area (Å²) in [6.45, 7) is 0. The normalized spacial score (nSPS) is 15.8. The van der Waals surface area contributed by atoms with Gasteiger partial charge < -0.3 is 4.98 Å². The molecule has 1 heterocycles. The monoisotopic (exact) mass is 204 g/mol. The van der Waals surface area contributed by atoms with Crippen LogP contribution in [-0.4, -0.2) is 9.97 Å². The topological polar surface area (TPSA) is 45.8 Å². The number of para-hydroxylation sites is 1. The fraction of sp³-hybridized carbons (Fsp3) is 0.273. The van der Waals surface area contributed by atoms with Crippen molar-refractivity contribution in [2.24, 2.45) is 0 Å². The maximum atomic E-state index is 13.4. The predicted octanol–water partition coefficient (Wildman–Crippen LogP) is 1.94. The van der Waals surface area contributed by atoms with Gasteiger partial charge in [-0.1, -0.05) is 6.07 Å². The first-order valence-corrected chi connectivity index (χ1v) is 4.94. The minimum absolute atomic E-state index is 0.183. The van der Waals surface area contributed by atoms with Gasteiger partial charge in [-0.15, -0.1) is 0 Å². The second-order valence-corrected chi connectivity index (χ2v) is 3.86. The van der Waals surface area contributed by atoms with Crippen LogP contribution in [0.1, 0.15) is 24.6 Å². The molecule has 15 heavy (non-hydrogen) atoms. The minimum Gasteiger partial charge on any atom is -0.310 e. The molecule has 3 nitrogen and oxygen atoms in total. The maximum Gasteiger partial charge on any atom is 0.258 e. The number of hydrogen-bond donors (Lipinski definition) is 1. The molecule has 0 unspecified atom stereocenters. The van der Waals surface area contributed by atoms with Gasteiger partial charge in [0.25, 0.3) is 5.56 Å². The summed E-state index contributed by atoms with van der Waals surface area (Å²) in [6, 6.07) is 4.43. The van der Waals surface area contributed by atoms with Crippen LogP contribution < -0.4 is 5.56 Å². The number of aromatic amines is 1. The van der Waals surface area contributed by atoms with E-state index in [1.165, 1.54) is 12.1 Å². The molecule has 2 aromatic rings. The van der Waals surface area contributed by atoms with Gasteiger partial charge in [-0.3, -0.25) is 4.79 Å². The average molecular weight is 204 g/mol. The smallest absolute Gasteiger partial charge is 0.258 e. The summed E-state index contributed by atoms with van der Waals surface area (Å²) in [5, 5.41) is 0.319. The summed E-state index contributed by atoms with van der Waals surface area (Å²) >= 11 is 0. The molecule has 0 radical (unpaired) electrons. The van der Waals surface area contributed by atoms with E-state index >= 15 is 0 Å². The Morgan fingerprint density at radius 3 is 2.93 bits per heavy atom. The van der Waals surface area contributed by atoms with Crippen molar-refractivity contribution in [3.05, 3.63) is 40.2 Å². The van der Waals surface area contributed by atoms with Crippen LogP contribution in [0.5, 0.6) is 0 Å². The molecular weight excluding hydrogens is 195 g/mol. The van der Waals surface area contributed by atoms with Crippen LogP contribution >= 0.6 is 0 Å². The van der Waals surface area contributed by atoms with Crippen LogP contribution in [0.2, 0.25) is 0 Å². The van der Waals surface area contributed by atoms with Crippen LogP contribution in [0.15, 0.2) is 23.0 Å². The third kappa shape index (κ3) is 1.33. The van der Waals surface area contributed by atoms with Crippen molar-refractivity contribution in [3.63, 3.8) is 0 Å². The lowest BCUT2D eigenvalue weighted by atomic mass is 10.2. The van der Waals surface area contributed by atoms with Gasteiger partial charge in [0.15, 0.2) is 0 Å². The van der Waals surface area contributed by atoms with E-state index in [4.69, 9.17) is 0 Å². The Morgan fingerprint density at radius 1 is 1.40 bits per heavy atom. The Morgan fingerprint density at radius 2 is 2.20 bits per heavy atom. The standard InChI is InChI=1S/C11H9FN2O/c12-8-3-1-2-7-9(8)13-10(6-4-5-6)14-11(7)15/h1-3,6H,4-5H2,(H,13,14,15). The zero-order chi connectivity index (χ0) is 10.4. The number of nitrogens with zero attached hydrogens (tertiary/aromatic N) is 1. The van der Waals surface area contributed by atoms with E-state index in [1.807, 2.05) is 0 Å². The van der Waals surface area contributed by atoms with Gasteiger partial charge in [0, 0.05) is 5.92 Å². The van der Waals surface area contributed by atoms with Gasteiger partial charge >= 0.3 is 0 Å². The molecule has 1 aromatic heterocycles. The highest BCUT2D eigenvalue weighted by atomic mass is 19.1. The highest BCUT2D eigenvalue weighted by Crippen LogP contribution is 2.37. The van der Waals surface area contributed by atoms with Crippen molar-refractivity contribution in [1.82, 2.24) is 9.97 Å². The van der Waals surface area contributed by atoms with E-state index in [1.54, 1.807) is 6.07 Å². The summed E-state index contributed by atoms with van der Waals surface area (Å²) in [5.41, 5.74) is -0.0652. The molecule has 1 fully saturated rings. The highest BCUT2D eigenvalue weighted by Gasteiger charge is 2.26. The van der Waals surface area contributed by atoms with Crippen LogP contribution in [-0.2, 0) is 0 Å². The van der Waals surface area contributed by atoms with Gasteiger partial charge in [0.1, 0.15) is 17.2 Å². The molecule has 4 heteroatoms. The molecule has 1 aromatic carbocycles. The first-order chi connectivity index (χ1) is 7.25. The zero-order valence-electron chi connectivity index (χ0n) is 7.96. The van der Waals surface area contributed by atoms with Gasteiger partial charge in [-0.25, -0.2) is 9.37 Å². The van der Waals surface area contributed by atoms with E-state index < -0.39 is 5.82 Å². The van der Waals surface area contributed by atoms with E-state index in [2.05, 4.69) is 9.97 Å². The Balaban J connectivity index is 2.37. The lowest BCUT2D eigenvalue weighted by Gasteiger charge is -2.01. The summed E-state index contributed by atoms with van der Waals surface area (Å²) in [5.74, 6) is 0.514. The van der Waals surface area contributed by atoms with Gasteiger partial charge in [0.2, 0.25) is 0 Å². The SMILES string of the molecule is O=c1[nH]c(C2CC2)nc2c(F)cccc12. The molecule has 0 saturated heterocycles. The third-order valence-electron chi connectivity index (χ3n) is 2.67. The van der Waals surface area contributed by atoms with Gasteiger partial charge in [0.05, 0.1) is 5.39 Å². The Labute approximate surface area is 85.0 Å². The molecule has 0 amide bonds.